The van der Waals surface area contributed by atoms with Gasteiger partial charge in [0.15, 0.2) is 0 Å². The predicted octanol–water partition coefficient (Wildman–Crippen LogP) is 3.47. The topological polar surface area (TPSA) is 41.0 Å². The van der Waals surface area contributed by atoms with Crippen LogP contribution in [0.4, 0.5) is 0 Å². The molecule has 0 radical (unpaired) electrons. The highest BCUT2D eigenvalue weighted by Gasteiger charge is 2.24. The summed E-state index contributed by atoms with van der Waals surface area (Å²) in [6, 6.07) is 7.13. The molecule has 0 bridgehead atoms. The Balaban J connectivity index is 1.62. The zero-order valence-electron chi connectivity index (χ0n) is 12.6. The number of thiazole rings is 1. The first-order valence-electron chi connectivity index (χ1n) is 7.61. The first-order chi connectivity index (χ1) is 10.2. The van der Waals surface area contributed by atoms with E-state index < -0.39 is 0 Å². The Kier molecular flexibility index (Phi) is 4.63. The second-order valence-electron chi connectivity index (χ2n) is 5.73. The van der Waals surface area contributed by atoms with Crippen molar-refractivity contribution in [2.24, 2.45) is 0 Å². The second-order valence-corrected chi connectivity index (χ2v) is 6.59. The van der Waals surface area contributed by atoms with Gasteiger partial charge in [-0.25, -0.2) is 15.4 Å². The molecule has 2 aromatic heterocycles. The van der Waals surface area contributed by atoms with Crippen molar-refractivity contribution in [1.29, 1.82) is 0 Å². The van der Waals surface area contributed by atoms with Gasteiger partial charge < -0.3 is 0 Å². The Bertz CT molecular complexity index is 559. The number of hydrogen-bond acceptors (Lipinski definition) is 5. The Morgan fingerprint density at radius 1 is 1.29 bits per heavy atom. The van der Waals surface area contributed by atoms with Crippen LogP contribution < -0.4 is 5.43 Å². The summed E-state index contributed by atoms with van der Waals surface area (Å²) < 4.78 is 0. The van der Waals surface area contributed by atoms with E-state index in [0.29, 0.717) is 12.1 Å². The summed E-state index contributed by atoms with van der Waals surface area (Å²) in [5, 5.41) is 5.51. The Morgan fingerprint density at radius 3 is 2.81 bits per heavy atom. The van der Waals surface area contributed by atoms with Crippen LogP contribution in [0.1, 0.15) is 38.8 Å². The van der Waals surface area contributed by atoms with Crippen LogP contribution in [0.15, 0.2) is 29.8 Å². The van der Waals surface area contributed by atoms with Gasteiger partial charge in [-0.3, -0.25) is 4.98 Å². The third-order valence-electron chi connectivity index (χ3n) is 4.07. The average Bonchev–Trinajstić information content (AvgIpc) is 2.97. The molecule has 3 heterocycles. The number of hydrazine groups is 1. The highest BCUT2D eigenvalue weighted by molar-refractivity contribution is 7.13. The average molecular weight is 302 g/mol. The highest BCUT2D eigenvalue weighted by Crippen LogP contribution is 2.23. The molecule has 1 aliphatic heterocycles. The van der Waals surface area contributed by atoms with Crippen LogP contribution in [0.25, 0.3) is 10.7 Å². The summed E-state index contributed by atoms with van der Waals surface area (Å²) in [6.45, 7) is 5.38. The van der Waals surface area contributed by atoms with Gasteiger partial charge in [-0.05, 0) is 38.8 Å². The van der Waals surface area contributed by atoms with Crippen LogP contribution in [0, 0.1) is 0 Å². The molecule has 0 amide bonds. The van der Waals surface area contributed by atoms with Crippen LogP contribution in [0.2, 0.25) is 0 Å². The zero-order chi connectivity index (χ0) is 14.7. The zero-order valence-corrected chi connectivity index (χ0v) is 13.4. The van der Waals surface area contributed by atoms with Crippen molar-refractivity contribution in [1.82, 2.24) is 20.4 Å². The van der Waals surface area contributed by atoms with Crippen molar-refractivity contribution >= 4 is 11.3 Å². The van der Waals surface area contributed by atoms with Gasteiger partial charge in [-0.15, -0.1) is 11.3 Å². The smallest absolute Gasteiger partial charge is 0.142 e. The molecule has 0 aromatic carbocycles. The summed E-state index contributed by atoms with van der Waals surface area (Å²) in [6.07, 6.45) is 5.69. The number of nitrogens with zero attached hydrogens (tertiary/aromatic N) is 3. The maximum Gasteiger partial charge on any atom is 0.142 e. The van der Waals surface area contributed by atoms with Crippen LogP contribution in [-0.4, -0.2) is 27.1 Å². The minimum atomic E-state index is 0.600. The van der Waals surface area contributed by atoms with Gasteiger partial charge >= 0.3 is 0 Å². The fourth-order valence-electron chi connectivity index (χ4n) is 2.90. The Hall–Kier alpha value is -1.30. The first-order valence-corrected chi connectivity index (χ1v) is 8.49. The molecule has 1 fully saturated rings. The van der Waals surface area contributed by atoms with Crippen molar-refractivity contribution in [2.75, 3.05) is 0 Å². The first kappa shape index (κ1) is 14.6. The fraction of sp³-hybridized carbons (Fsp3) is 0.500. The number of rotatable bonds is 4. The van der Waals surface area contributed by atoms with Gasteiger partial charge in [0.1, 0.15) is 5.01 Å². The number of nitrogens with one attached hydrogen (secondary N) is 1. The molecular formula is C16H22N4S. The van der Waals surface area contributed by atoms with Crippen molar-refractivity contribution in [3.63, 3.8) is 0 Å². The lowest BCUT2D eigenvalue weighted by atomic mass is 10.00. The molecule has 4 nitrogen and oxygen atoms in total. The maximum absolute atomic E-state index is 4.68. The Morgan fingerprint density at radius 2 is 2.10 bits per heavy atom. The van der Waals surface area contributed by atoms with Crippen molar-refractivity contribution < 1.29 is 0 Å². The van der Waals surface area contributed by atoms with E-state index in [1.165, 1.54) is 19.3 Å². The lowest BCUT2D eigenvalue weighted by Gasteiger charge is -2.39. The number of piperidine rings is 1. The summed E-state index contributed by atoms with van der Waals surface area (Å²) in [5.41, 5.74) is 5.60. The molecule has 3 rings (SSSR count). The van der Waals surface area contributed by atoms with Gasteiger partial charge in [-0.1, -0.05) is 12.5 Å². The van der Waals surface area contributed by atoms with Crippen LogP contribution in [0.5, 0.6) is 0 Å². The van der Waals surface area contributed by atoms with E-state index in [1.54, 1.807) is 11.3 Å². The minimum Gasteiger partial charge on any atom is -0.254 e. The van der Waals surface area contributed by atoms with Crippen LogP contribution >= 0.6 is 11.3 Å². The molecule has 21 heavy (non-hydrogen) atoms. The van der Waals surface area contributed by atoms with Gasteiger partial charge in [0.2, 0.25) is 0 Å². The van der Waals surface area contributed by atoms with Gasteiger partial charge in [0.05, 0.1) is 17.9 Å². The number of hydrogen-bond donors (Lipinski definition) is 1. The van der Waals surface area contributed by atoms with Crippen LogP contribution in [-0.2, 0) is 6.54 Å². The third kappa shape index (κ3) is 3.48. The molecule has 1 aliphatic rings. The molecule has 0 saturated carbocycles. The summed E-state index contributed by atoms with van der Waals surface area (Å²) >= 11 is 1.66. The van der Waals surface area contributed by atoms with Crippen molar-refractivity contribution in [3.05, 3.63) is 35.5 Å². The van der Waals surface area contributed by atoms with Gasteiger partial charge in [-0.2, -0.15) is 0 Å². The van der Waals surface area contributed by atoms with E-state index in [9.17, 15) is 0 Å². The largest absolute Gasteiger partial charge is 0.254 e. The SMILES string of the molecule is CC1CCCC(C)N1NCc1csc(-c2ccccn2)n1. The summed E-state index contributed by atoms with van der Waals surface area (Å²) in [4.78, 5) is 9.04. The highest BCUT2D eigenvalue weighted by atomic mass is 32.1. The lowest BCUT2D eigenvalue weighted by molar-refractivity contribution is 0.0432. The van der Waals surface area contributed by atoms with E-state index >= 15 is 0 Å². The molecule has 0 aliphatic carbocycles. The third-order valence-corrected chi connectivity index (χ3v) is 4.99. The molecule has 112 valence electrons. The number of aromatic nitrogens is 2. The number of pyridine rings is 1. The van der Waals surface area contributed by atoms with E-state index in [2.05, 4.69) is 39.6 Å². The Labute approximate surface area is 130 Å². The summed E-state index contributed by atoms with van der Waals surface area (Å²) in [5.74, 6) is 0. The quantitative estimate of drug-likeness (QED) is 0.939. The second kappa shape index (κ2) is 6.64. The molecule has 0 spiro atoms. The predicted molar refractivity (Wildman–Crippen MR) is 86.8 cm³/mol. The minimum absolute atomic E-state index is 0.600. The lowest BCUT2D eigenvalue weighted by Crippen LogP contribution is -2.51. The molecule has 2 aromatic rings. The molecule has 5 heteroatoms. The van der Waals surface area contributed by atoms with Crippen LogP contribution in [0.3, 0.4) is 0 Å². The van der Waals surface area contributed by atoms with Gasteiger partial charge in [0.25, 0.3) is 0 Å². The monoisotopic (exact) mass is 302 g/mol. The van der Waals surface area contributed by atoms with E-state index in [1.807, 2.05) is 24.4 Å². The maximum atomic E-state index is 4.68. The van der Waals surface area contributed by atoms with Crippen molar-refractivity contribution in [3.8, 4) is 10.7 Å². The van der Waals surface area contributed by atoms with E-state index in [-0.39, 0.29) is 0 Å². The van der Waals surface area contributed by atoms with E-state index in [4.69, 9.17) is 0 Å². The van der Waals surface area contributed by atoms with E-state index in [0.717, 1.165) is 22.9 Å². The summed E-state index contributed by atoms with van der Waals surface area (Å²) in [7, 11) is 0. The van der Waals surface area contributed by atoms with Gasteiger partial charge in [0, 0.05) is 23.7 Å². The molecule has 2 unspecified atom stereocenters. The molecule has 2 atom stereocenters. The molecule has 1 N–H and O–H groups in total. The fourth-order valence-corrected chi connectivity index (χ4v) is 3.70. The normalized spacial score (nSPS) is 23.3. The molecule has 1 saturated heterocycles. The van der Waals surface area contributed by atoms with Crippen molar-refractivity contribution in [2.45, 2.75) is 51.7 Å². The standard InChI is InChI=1S/C16H22N4S/c1-12-6-5-7-13(2)20(12)18-10-14-11-21-16(19-14)15-8-3-4-9-17-15/h3-4,8-9,11-13,18H,5-7,10H2,1-2H3. The molecular weight excluding hydrogens is 280 g/mol.